The molecule has 3 nitrogen and oxygen atoms in total. The van der Waals surface area contributed by atoms with Crippen LogP contribution in [-0.2, 0) is 11.4 Å². The molecule has 0 aliphatic heterocycles. The van der Waals surface area contributed by atoms with E-state index in [-0.39, 0.29) is 11.8 Å². The van der Waals surface area contributed by atoms with E-state index in [4.69, 9.17) is 4.74 Å². The van der Waals surface area contributed by atoms with Crippen molar-refractivity contribution in [1.29, 1.82) is 0 Å². The lowest BCUT2D eigenvalue weighted by Gasteiger charge is -2.24. The van der Waals surface area contributed by atoms with E-state index < -0.39 is 0 Å². The number of hydrogen-bond acceptors (Lipinski definition) is 2. The van der Waals surface area contributed by atoms with Crippen LogP contribution >= 0.6 is 0 Å². The van der Waals surface area contributed by atoms with Crippen molar-refractivity contribution in [3.05, 3.63) is 60.2 Å². The van der Waals surface area contributed by atoms with Gasteiger partial charge in [-0.1, -0.05) is 36.8 Å². The van der Waals surface area contributed by atoms with Gasteiger partial charge in [-0.25, -0.2) is 0 Å². The highest BCUT2D eigenvalue weighted by atomic mass is 16.5. The number of benzene rings is 2. The average Bonchev–Trinajstić information content (AvgIpc) is 2.46. The zero-order chi connectivity index (χ0) is 14.5. The zero-order valence-electron chi connectivity index (χ0n) is 11.9. The standard InChI is InChI=1S/C18H19NO2/c20-18(15-7-4-8-15)19-16-9-11-17(12-10-16)21-13-14-5-2-1-3-6-14/h1-3,5-6,9-12,15H,4,7-8,13H2,(H,19,20). The highest BCUT2D eigenvalue weighted by Gasteiger charge is 2.24. The number of nitrogens with one attached hydrogen (secondary N) is 1. The Kier molecular flexibility index (Phi) is 4.20. The normalized spacial score (nSPS) is 14.3. The van der Waals surface area contributed by atoms with Gasteiger partial charge >= 0.3 is 0 Å². The predicted octanol–water partition coefficient (Wildman–Crippen LogP) is 4.00. The molecule has 0 saturated heterocycles. The molecule has 2 aromatic carbocycles. The van der Waals surface area contributed by atoms with Gasteiger partial charge < -0.3 is 10.1 Å². The van der Waals surface area contributed by atoms with Crippen LogP contribution in [0.1, 0.15) is 24.8 Å². The lowest BCUT2D eigenvalue weighted by molar-refractivity contribution is -0.122. The summed E-state index contributed by atoms with van der Waals surface area (Å²) in [5, 5.41) is 2.95. The van der Waals surface area contributed by atoms with Crippen LogP contribution in [0.3, 0.4) is 0 Å². The Balaban J connectivity index is 1.52. The van der Waals surface area contributed by atoms with E-state index in [0.29, 0.717) is 6.61 Å². The first-order valence-corrected chi connectivity index (χ1v) is 7.39. The van der Waals surface area contributed by atoms with Crippen LogP contribution in [0.2, 0.25) is 0 Å². The maximum Gasteiger partial charge on any atom is 0.227 e. The van der Waals surface area contributed by atoms with Crippen LogP contribution in [0, 0.1) is 5.92 Å². The summed E-state index contributed by atoms with van der Waals surface area (Å²) in [6, 6.07) is 17.6. The summed E-state index contributed by atoms with van der Waals surface area (Å²) < 4.78 is 5.72. The Morgan fingerprint density at radius 2 is 1.76 bits per heavy atom. The van der Waals surface area contributed by atoms with Crippen molar-refractivity contribution in [2.45, 2.75) is 25.9 Å². The lowest BCUT2D eigenvalue weighted by Crippen LogP contribution is -2.27. The average molecular weight is 281 g/mol. The maximum absolute atomic E-state index is 11.8. The zero-order valence-corrected chi connectivity index (χ0v) is 11.9. The summed E-state index contributed by atoms with van der Waals surface area (Å²) in [7, 11) is 0. The second-order valence-corrected chi connectivity index (χ2v) is 5.42. The molecule has 21 heavy (non-hydrogen) atoms. The Morgan fingerprint density at radius 3 is 2.38 bits per heavy atom. The first-order valence-electron chi connectivity index (χ1n) is 7.39. The highest BCUT2D eigenvalue weighted by molar-refractivity contribution is 5.93. The van der Waals surface area contributed by atoms with E-state index in [1.807, 2.05) is 54.6 Å². The molecular formula is C18H19NO2. The van der Waals surface area contributed by atoms with Crippen LogP contribution < -0.4 is 10.1 Å². The fraction of sp³-hybridized carbons (Fsp3) is 0.278. The molecular weight excluding hydrogens is 262 g/mol. The summed E-state index contributed by atoms with van der Waals surface area (Å²) in [6.07, 6.45) is 3.21. The van der Waals surface area contributed by atoms with Crippen molar-refractivity contribution in [3.8, 4) is 5.75 Å². The Labute approximate surface area is 124 Å². The van der Waals surface area contributed by atoms with Crippen molar-refractivity contribution in [1.82, 2.24) is 0 Å². The number of hydrogen-bond donors (Lipinski definition) is 1. The first-order chi connectivity index (χ1) is 10.3. The molecule has 2 aromatic rings. The quantitative estimate of drug-likeness (QED) is 0.899. The number of rotatable bonds is 5. The van der Waals surface area contributed by atoms with Gasteiger partial charge in [-0.05, 0) is 42.7 Å². The second kappa shape index (κ2) is 6.44. The van der Waals surface area contributed by atoms with Gasteiger partial charge in [0.2, 0.25) is 5.91 Å². The van der Waals surface area contributed by atoms with E-state index in [1.165, 1.54) is 6.42 Å². The smallest absolute Gasteiger partial charge is 0.227 e. The molecule has 108 valence electrons. The van der Waals surface area contributed by atoms with Gasteiger partial charge in [-0.2, -0.15) is 0 Å². The number of carbonyl (C=O) groups excluding carboxylic acids is 1. The van der Waals surface area contributed by atoms with Crippen molar-refractivity contribution in [2.75, 3.05) is 5.32 Å². The van der Waals surface area contributed by atoms with E-state index in [0.717, 1.165) is 29.8 Å². The Hall–Kier alpha value is -2.29. The lowest BCUT2D eigenvalue weighted by atomic mass is 9.85. The molecule has 0 aromatic heterocycles. The molecule has 0 atom stereocenters. The van der Waals surface area contributed by atoms with E-state index in [9.17, 15) is 4.79 Å². The number of ether oxygens (including phenoxy) is 1. The van der Waals surface area contributed by atoms with Gasteiger partial charge in [0.1, 0.15) is 12.4 Å². The first kappa shape index (κ1) is 13.7. The molecule has 0 spiro atoms. The van der Waals surface area contributed by atoms with Crippen molar-refractivity contribution < 1.29 is 9.53 Å². The molecule has 1 N–H and O–H groups in total. The Morgan fingerprint density at radius 1 is 1.05 bits per heavy atom. The van der Waals surface area contributed by atoms with Crippen LogP contribution in [0.25, 0.3) is 0 Å². The van der Waals surface area contributed by atoms with Gasteiger partial charge in [-0.3, -0.25) is 4.79 Å². The SMILES string of the molecule is O=C(Nc1ccc(OCc2ccccc2)cc1)C1CCC1. The minimum atomic E-state index is 0.138. The van der Waals surface area contributed by atoms with E-state index >= 15 is 0 Å². The number of anilines is 1. The predicted molar refractivity (Wildman–Crippen MR) is 83.2 cm³/mol. The number of carbonyl (C=O) groups is 1. The van der Waals surface area contributed by atoms with Gasteiger partial charge in [0, 0.05) is 11.6 Å². The van der Waals surface area contributed by atoms with Crippen LogP contribution in [-0.4, -0.2) is 5.91 Å². The molecule has 1 aliphatic rings. The van der Waals surface area contributed by atoms with Crippen molar-refractivity contribution >= 4 is 11.6 Å². The van der Waals surface area contributed by atoms with Crippen molar-refractivity contribution in [3.63, 3.8) is 0 Å². The fourth-order valence-electron chi connectivity index (χ4n) is 2.29. The molecule has 1 amide bonds. The summed E-state index contributed by atoms with van der Waals surface area (Å²) in [6.45, 7) is 0.550. The van der Waals surface area contributed by atoms with Gasteiger partial charge in [0.05, 0.1) is 0 Å². The maximum atomic E-state index is 11.8. The molecule has 0 radical (unpaired) electrons. The molecule has 1 fully saturated rings. The van der Waals surface area contributed by atoms with E-state index in [1.54, 1.807) is 0 Å². The molecule has 0 heterocycles. The van der Waals surface area contributed by atoms with Crippen molar-refractivity contribution in [2.24, 2.45) is 5.92 Å². The van der Waals surface area contributed by atoms with Crippen LogP contribution in [0.5, 0.6) is 5.75 Å². The second-order valence-electron chi connectivity index (χ2n) is 5.42. The fourth-order valence-corrected chi connectivity index (χ4v) is 2.29. The largest absolute Gasteiger partial charge is 0.489 e. The third-order valence-electron chi connectivity index (χ3n) is 3.85. The Bertz CT molecular complexity index is 588. The highest BCUT2D eigenvalue weighted by Crippen LogP contribution is 2.27. The minimum absolute atomic E-state index is 0.138. The molecule has 3 rings (SSSR count). The monoisotopic (exact) mass is 281 g/mol. The number of amides is 1. The molecule has 3 heteroatoms. The molecule has 1 saturated carbocycles. The topological polar surface area (TPSA) is 38.3 Å². The van der Waals surface area contributed by atoms with E-state index in [2.05, 4.69) is 5.32 Å². The van der Waals surface area contributed by atoms with Gasteiger partial charge in [0.25, 0.3) is 0 Å². The summed E-state index contributed by atoms with van der Waals surface area (Å²) in [5.41, 5.74) is 1.97. The molecule has 0 bridgehead atoms. The minimum Gasteiger partial charge on any atom is -0.489 e. The summed E-state index contributed by atoms with van der Waals surface area (Å²) in [5.74, 6) is 1.15. The third kappa shape index (κ3) is 3.63. The summed E-state index contributed by atoms with van der Waals surface area (Å²) >= 11 is 0. The molecule has 1 aliphatic carbocycles. The molecule has 0 unspecified atom stereocenters. The van der Waals surface area contributed by atoms with Crippen LogP contribution in [0.4, 0.5) is 5.69 Å². The van der Waals surface area contributed by atoms with Gasteiger partial charge in [0.15, 0.2) is 0 Å². The third-order valence-corrected chi connectivity index (χ3v) is 3.85. The summed E-state index contributed by atoms with van der Waals surface area (Å²) in [4.78, 5) is 11.8. The van der Waals surface area contributed by atoms with Crippen LogP contribution in [0.15, 0.2) is 54.6 Å². The van der Waals surface area contributed by atoms with Gasteiger partial charge in [-0.15, -0.1) is 0 Å².